The number of fused-ring (bicyclic) bond motifs is 1. The van der Waals surface area contributed by atoms with Crippen LogP contribution in [0.2, 0.25) is 5.02 Å². The van der Waals surface area contributed by atoms with Crippen molar-refractivity contribution in [1.82, 2.24) is 24.0 Å². The minimum Gasteiger partial charge on any atom is -0.323 e. The Kier molecular flexibility index (Phi) is 5.57. The maximum Gasteiger partial charge on any atom is 0.332 e. The Hall–Kier alpha value is -3.16. The molecule has 8 heteroatoms. The molecule has 0 bridgehead atoms. The van der Waals surface area contributed by atoms with Gasteiger partial charge in [0.2, 0.25) is 0 Å². The number of hydrogen-bond donors (Lipinski definition) is 1. The molecule has 154 valence electrons. The van der Waals surface area contributed by atoms with Crippen LogP contribution in [0, 0.1) is 0 Å². The molecule has 1 atom stereocenters. The van der Waals surface area contributed by atoms with Gasteiger partial charge < -0.3 is 9.88 Å². The summed E-state index contributed by atoms with van der Waals surface area (Å²) in [5, 5.41) is 4.24. The molecular weight excluding hydrogens is 402 g/mol. The number of aromatic nitrogens is 4. The fraction of sp³-hybridized carbons (Fsp3) is 0.227. The lowest BCUT2D eigenvalue weighted by Crippen LogP contribution is -2.37. The van der Waals surface area contributed by atoms with Crippen molar-refractivity contribution in [3.63, 3.8) is 0 Å². The molecule has 7 nitrogen and oxygen atoms in total. The molecule has 2 aromatic heterocycles. The second-order valence-corrected chi connectivity index (χ2v) is 7.61. The van der Waals surface area contributed by atoms with Crippen LogP contribution >= 0.6 is 11.6 Å². The molecule has 4 aromatic rings. The van der Waals surface area contributed by atoms with E-state index in [1.165, 1.54) is 11.6 Å². The third kappa shape index (κ3) is 3.69. The zero-order chi connectivity index (χ0) is 21.3. The van der Waals surface area contributed by atoms with Crippen LogP contribution in [-0.4, -0.2) is 25.2 Å². The number of rotatable bonds is 6. The summed E-state index contributed by atoms with van der Waals surface area (Å²) < 4.78 is 4.27. The van der Waals surface area contributed by atoms with Crippen molar-refractivity contribution < 1.29 is 0 Å². The molecule has 0 fully saturated rings. The van der Waals surface area contributed by atoms with Crippen LogP contribution in [0.4, 0.5) is 0 Å². The topological polar surface area (TPSA) is 73.8 Å². The normalized spacial score (nSPS) is 12.4. The van der Waals surface area contributed by atoms with Gasteiger partial charge in [-0.05, 0) is 23.3 Å². The first-order chi connectivity index (χ1) is 14.5. The second kappa shape index (κ2) is 8.30. The van der Waals surface area contributed by atoms with Crippen LogP contribution in [0.1, 0.15) is 17.2 Å². The summed E-state index contributed by atoms with van der Waals surface area (Å²) >= 11 is 6.21. The van der Waals surface area contributed by atoms with E-state index in [1.54, 1.807) is 17.9 Å². The summed E-state index contributed by atoms with van der Waals surface area (Å²) in [6.07, 6.45) is 1.60. The van der Waals surface area contributed by atoms with E-state index in [2.05, 4.69) is 22.4 Å². The lowest BCUT2D eigenvalue weighted by Gasteiger charge is -2.20. The average molecular weight is 424 g/mol. The molecule has 0 unspecified atom stereocenters. The highest BCUT2D eigenvalue weighted by molar-refractivity contribution is 6.30. The Morgan fingerprint density at radius 2 is 1.73 bits per heavy atom. The highest BCUT2D eigenvalue weighted by atomic mass is 35.5. The monoisotopic (exact) mass is 423 g/mol. The lowest BCUT2D eigenvalue weighted by molar-refractivity contribution is 0.555. The third-order valence-corrected chi connectivity index (χ3v) is 5.47. The van der Waals surface area contributed by atoms with Gasteiger partial charge in [0.15, 0.2) is 11.2 Å². The molecule has 4 rings (SSSR count). The van der Waals surface area contributed by atoms with E-state index in [0.717, 1.165) is 15.7 Å². The molecule has 1 N–H and O–H groups in total. The van der Waals surface area contributed by atoms with Gasteiger partial charge in [0.1, 0.15) is 0 Å². The molecule has 0 aliphatic carbocycles. The van der Waals surface area contributed by atoms with Crippen molar-refractivity contribution in [2.24, 2.45) is 14.1 Å². The number of benzene rings is 2. The standard InChI is InChI=1S/C22H22ClN5O2/c1-26-20-19(21(29)27(2)22(26)30)28(14-25-20)12-11-24-18(15-7-4-3-5-8-15)16-9-6-10-17(23)13-16/h3-10,13-14,18,24H,11-12H2,1-2H3/t18-/m0/s1. The quantitative estimate of drug-likeness (QED) is 0.517. The van der Waals surface area contributed by atoms with Gasteiger partial charge in [-0.2, -0.15) is 0 Å². The first kappa shape index (κ1) is 20.1. The molecule has 0 spiro atoms. The Morgan fingerprint density at radius 3 is 2.47 bits per heavy atom. The molecule has 0 aliphatic heterocycles. The van der Waals surface area contributed by atoms with Gasteiger partial charge in [-0.1, -0.05) is 54.1 Å². The third-order valence-electron chi connectivity index (χ3n) is 5.23. The van der Waals surface area contributed by atoms with Crippen LogP contribution in [0.3, 0.4) is 0 Å². The highest BCUT2D eigenvalue weighted by Gasteiger charge is 2.16. The van der Waals surface area contributed by atoms with Crippen molar-refractivity contribution >= 4 is 22.8 Å². The largest absolute Gasteiger partial charge is 0.332 e. The summed E-state index contributed by atoms with van der Waals surface area (Å²) in [6, 6.07) is 17.8. The number of hydrogen-bond acceptors (Lipinski definition) is 4. The SMILES string of the molecule is Cn1c(=O)c2c(ncn2CCN[C@@H](c2ccccc2)c2cccc(Cl)c2)n(C)c1=O. The first-order valence-corrected chi connectivity index (χ1v) is 10.00. The van der Waals surface area contributed by atoms with E-state index in [0.29, 0.717) is 29.3 Å². The van der Waals surface area contributed by atoms with Crippen LogP contribution in [0.5, 0.6) is 0 Å². The van der Waals surface area contributed by atoms with Crippen molar-refractivity contribution in [2.75, 3.05) is 6.54 Å². The number of nitrogens with one attached hydrogen (secondary N) is 1. The number of nitrogens with zero attached hydrogens (tertiary/aromatic N) is 4. The van der Waals surface area contributed by atoms with E-state index >= 15 is 0 Å². The molecule has 0 aliphatic rings. The maximum absolute atomic E-state index is 12.6. The van der Waals surface area contributed by atoms with Crippen LogP contribution in [0.25, 0.3) is 11.2 Å². The average Bonchev–Trinajstić information content (AvgIpc) is 3.18. The van der Waals surface area contributed by atoms with Gasteiger partial charge >= 0.3 is 5.69 Å². The molecular formula is C22H22ClN5O2. The minimum absolute atomic E-state index is 0.0492. The van der Waals surface area contributed by atoms with E-state index in [1.807, 2.05) is 42.5 Å². The summed E-state index contributed by atoms with van der Waals surface area (Å²) in [5.74, 6) is 0. The Bertz CT molecular complexity index is 1310. The smallest absolute Gasteiger partial charge is 0.323 e. The number of halogens is 1. The molecule has 0 saturated carbocycles. The van der Waals surface area contributed by atoms with Crippen LogP contribution < -0.4 is 16.6 Å². The van der Waals surface area contributed by atoms with Crippen molar-refractivity contribution in [3.05, 3.63) is 97.9 Å². The van der Waals surface area contributed by atoms with Gasteiger partial charge in [-0.15, -0.1) is 0 Å². The molecule has 0 radical (unpaired) electrons. The first-order valence-electron chi connectivity index (χ1n) is 9.62. The predicted octanol–water partition coefficient (Wildman–Crippen LogP) is 2.47. The van der Waals surface area contributed by atoms with E-state index in [9.17, 15) is 9.59 Å². The van der Waals surface area contributed by atoms with Gasteiger partial charge in [-0.3, -0.25) is 13.9 Å². The number of aryl methyl sites for hydroxylation is 1. The Morgan fingerprint density at radius 1 is 1.00 bits per heavy atom. The van der Waals surface area contributed by atoms with E-state index in [-0.39, 0.29) is 17.3 Å². The Balaban J connectivity index is 1.62. The zero-order valence-electron chi connectivity index (χ0n) is 16.7. The van der Waals surface area contributed by atoms with Crippen LogP contribution in [-0.2, 0) is 20.6 Å². The van der Waals surface area contributed by atoms with Crippen molar-refractivity contribution in [1.29, 1.82) is 0 Å². The van der Waals surface area contributed by atoms with Crippen LogP contribution in [0.15, 0.2) is 70.5 Å². The number of imidazole rings is 1. The highest BCUT2D eigenvalue weighted by Crippen LogP contribution is 2.24. The summed E-state index contributed by atoms with van der Waals surface area (Å²) in [4.78, 5) is 29.0. The minimum atomic E-state index is -0.388. The summed E-state index contributed by atoms with van der Waals surface area (Å²) in [6.45, 7) is 1.11. The van der Waals surface area contributed by atoms with Crippen molar-refractivity contribution in [3.8, 4) is 0 Å². The van der Waals surface area contributed by atoms with Gasteiger partial charge in [-0.25, -0.2) is 9.78 Å². The predicted molar refractivity (Wildman–Crippen MR) is 118 cm³/mol. The van der Waals surface area contributed by atoms with Crippen molar-refractivity contribution in [2.45, 2.75) is 12.6 Å². The summed E-state index contributed by atoms with van der Waals surface area (Å²) in [5.41, 5.74) is 2.25. The lowest BCUT2D eigenvalue weighted by atomic mass is 9.99. The van der Waals surface area contributed by atoms with Gasteiger partial charge in [0.05, 0.1) is 12.4 Å². The fourth-order valence-electron chi connectivity index (χ4n) is 3.66. The molecule has 30 heavy (non-hydrogen) atoms. The fourth-order valence-corrected chi connectivity index (χ4v) is 3.85. The van der Waals surface area contributed by atoms with Gasteiger partial charge in [0.25, 0.3) is 5.56 Å². The second-order valence-electron chi connectivity index (χ2n) is 7.17. The molecule has 0 amide bonds. The van der Waals surface area contributed by atoms with Gasteiger partial charge in [0, 0.05) is 32.2 Å². The summed E-state index contributed by atoms with van der Waals surface area (Å²) in [7, 11) is 3.09. The molecule has 2 heterocycles. The Labute approximate surface area is 178 Å². The van der Waals surface area contributed by atoms with E-state index < -0.39 is 0 Å². The zero-order valence-corrected chi connectivity index (χ0v) is 17.5. The van der Waals surface area contributed by atoms with E-state index in [4.69, 9.17) is 11.6 Å². The molecule has 2 aromatic carbocycles. The maximum atomic E-state index is 12.6. The molecule has 0 saturated heterocycles.